The number of amidine groups is 1. The zero-order valence-corrected chi connectivity index (χ0v) is 21.6. The average Bonchev–Trinajstić information content (AvgIpc) is 3.00. The Kier molecular flexibility index (Phi) is 12.0. The molecule has 2 aliphatic heterocycles. The van der Waals surface area contributed by atoms with Crippen molar-refractivity contribution in [2.45, 2.75) is 55.7 Å². The van der Waals surface area contributed by atoms with Crippen LogP contribution in [-0.2, 0) is 20.2 Å². The number of quaternary nitrogens is 2. The van der Waals surface area contributed by atoms with Gasteiger partial charge < -0.3 is 15.3 Å². The lowest BCUT2D eigenvalue weighted by atomic mass is 10.2. The molecule has 2 aromatic carbocycles. The van der Waals surface area contributed by atoms with Crippen LogP contribution in [0.15, 0.2) is 63.3 Å². The summed E-state index contributed by atoms with van der Waals surface area (Å²) in [7, 11) is -8.54. The van der Waals surface area contributed by atoms with E-state index in [0.29, 0.717) is 0 Å². The zero-order chi connectivity index (χ0) is 24.5. The molecule has 1 atom stereocenters. The summed E-state index contributed by atoms with van der Waals surface area (Å²) in [5.74, 6) is 1.48. The van der Waals surface area contributed by atoms with Crippen LogP contribution in [0, 0.1) is 13.8 Å². The van der Waals surface area contributed by atoms with Gasteiger partial charge in [0.05, 0.1) is 22.9 Å². The first-order valence-electron chi connectivity index (χ1n) is 10.9. The maximum Gasteiger partial charge on any atom is 0.196 e. The molecular formula is C23H35N3O6S2. The van der Waals surface area contributed by atoms with Gasteiger partial charge in [-0.1, -0.05) is 35.4 Å². The topological polar surface area (TPSA) is 168 Å². The summed E-state index contributed by atoms with van der Waals surface area (Å²) < 4.78 is 62.3. The third kappa shape index (κ3) is 10.4. The van der Waals surface area contributed by atoms with Crippen LogP contribution in [0.2, 0.25) is 0 Å². The molecule has 4 rings (SSSR count). The molecule has 1 saturated heterocycles. The number of fused-ring (bicyclic) bond motifs is 1. The third-order valence-electron chi connectivity index (χ3n) is 5.36. The van der Waals surface area contributed by atoms with E-state index in [2.05, 4.69) is 4.99 Å². The normalized spacial score (nSPS) is 17.8. The maximum absolute atomic E-state index is 10.4. The molecule has 1 unspecified atom stereocenters. The summed E-state index contributed by atoms with van der Waals surface area (Å²) in [6.45, 7) is 7.43. The fourth-order valence-electron chi connectivity index (χ4n) is 3.51. The van der Waals surface area contributed by atoms with Gasteiger partial charge in [0.1, 0.15) is 20.2 Å². The molecule has 2 aliphatic rings. The van der Waals surface area contributed by atoms with E-state index >= 15 is 0 Å². The van der Waals surface area contributed by atoms with Crippen molar-refractivity contribution in [2.75, 3.05) is 19.6 Å². The Hall–Kier alpha value is -2.15. The summed E-state index contributed by atoms with van der Waals surface area (Å²) in [5.41, 5.74) is 1.86. The molecule has 2 aromatic rings. The van der Waals surface area contributed by atoms with Gasteiger partial charge in [-0.25, -0.2) is 21.8 Å². The van der Waals surface area contributed by atoms with Crippen molar-refractivity contribution in [2.24, 2.45) is 4.99 Å². The summed E-state index contributed by atoms with van der Waals surface area (Å²) in [4.78, 5) is 5.92. The molecule has 190 valence electrons. The average molecular weight is 514 g/mol. The van der Waals surface area contributed by atoms with Gasteiger partial charge in [-0.05, 0) is 57.4 Å². The van der Waals surface area contributed by atoms with Crippen LogP contribution in [-0.4, -0.2) is 51.4 Å². The molecule has 9 nitrogen and oxygen atoms in total. The van der Waals surface area contributed by atoms with E-state index in [9.17, 15) is 25.9 Å². The Bertz CT molecular complexity index is 1060. The molecule has 2 heterocycles. The van der Waals surface area contributed by atoms with Crippen molar-refractivity contribution in [3.63, 3.8) is 0 Å². The Morgan fingerprint density at radius 2 is 1.15 bits per heavy atom. The van der Waals surface area contributed by atoms with Crippen LogP contribution in [0.1, 0.15) is 43.2 Å². The van der Waals surface area contributed by atoms with Crippen LogP contribution >= 0.6 is 0 Å². The lowest BCUT2D eigenvalue weighted by molar-refractivity contribution is -0.809. The van der Waals surface area contributed by atoms with Gasteiger partial charge in [0, 0.05) is 19.4 Å². The molecular weight excluding hydrogens is 478 g/mol. The molecule has 0 aromatic heterocycles. The number of benzene rings is 2. The minimum absolute atomic E-state index is 0. The zero-order valence-electron chi connectivity index (χ0n) is 20.0. The molecule has 0 amide bonds. The molecule has 1 fully saturated rings. The highest BCUT2D eigenvalue weighted by Crippen LogP contribution is 2.09. The van der Waals surface area contributed by atoms with Crippen LogP contribution in [0.3, 0.4) is 0 Å². The van der Waals surface area contributed by atoms with Crippen molar-refractivity contribution < 1.29 is 30.8 Å². The first-order chi connectivity index (χ1) is 15.5. The Balaban J connectivity index is 0.000000251. The number of rotatable bonds is 2. The molecule has 0 bridgehead atoms. The van der Waals surface area contributed by atoms with Gasteiger partial charge >= 0.3 is 0 Å². The van der Waals surface area contributed by atoms with Crippen molar-refractivity contribution >= 4 is 26.1 Å². The van der Waals surface area contributed by atoms with E-state index in [1.54, 1.807) is 29.2 Å². The minimum atomic E-state index is -4.27. The van der Waals surface area contributed by atoms with Crippen molar-refractivity contribution in [1.82, 2.24) is 6.15 Å². The first-order valence-corrected chi connectivity index (χ1v) is 13.7. The van der Waals surface area contributed by atoms with E-state index in [1.165, 1.54) is 75.3 Å². The summed E-state index contributed by atoms with van der Waals surface area (Å²) in [6.07, 6.45) is 6.79. The number of nitrogens with zero attached hydrogens (tertiary/aromatic N) is 1. The Morgan fingerprint density at radius 1 is 0.706 bits per heavy atom. The van der Waals surface area contributed by atoms with Crippen LogP contribution in [0.4, 0.5) is 0 Å². The molecule has 0 aliphatic carbocycles. The first kappa shape index (κ1) is 29.9. The molecule has 0 radical (unpaired) electrons. The standard InChI is InChI=1S/C9H16N2.2C7H8O3S.H3N/c1-2-5-9-10-6-4-8-11(9)7-3-1;2*1-6-2-4-7(5-3-6)11(8,9)10;/h1-8H2;2*2-5H,1H3,(H,8,9,10);1H3. The maximum atomic E-state index is 10.4. The van der Waals surface area contributed by atoms with E-state index in [0.717, 1.165) is 17.7 Å². The van der Waals surface area contributed by atoms with Gasteiger partial charge in [-0.15, -0.1) is 0 Å². The molecule has 0 spiro atoms. The number of hydrogen-bond donors (Lipinski definition) is 2. The number of hydrogen-bond acceptors (Lipinski definition) is 7. The second-order valence-corrected chi connectivity index (χ2v) is 10.9. The van der Waals surface area contributed by atoms with Gasteiger partial charge in [0.25, 0.3) is 0 Å². The quantitative estimate of drug-likeness (QED) is 0.585. The summed E-state index contributed by atoms with van der Waals surface area (Å²) >= 11 is 0. The van der Waals surface area contributed by atoms with Gasteiger partial charge in [-0.2, -0.15) is 0 Å². The smallest absolute Gasteiger partial charge is 0.196 e. The predicted octanol–water partition coefficient (Wildman–Crippen LogP) is 2.42. The largest absolute Gasteiger partial charge is 0.744 e. The van der Waals surface area contributed by atoms with Crippen molar-refractivity contribution in [3.05, 3.63) is 59.7 Å². The van der Waals surface area contributed by atoms with Crippen LogP contribution in [0.25, 0.3) is 0 Å². The minimum Gasteiger partial charge on any atom is -0.744 e. The second-order valence-electron chi connectivity index (χ2n) is 8.13. The summed E-state index contributed by atoms with van der Waals surface area (Å²) in [5, 5.41) is 0. The highest BCUT2D eigenvalue weighted by molar-refractivity contribution is 7.86. The van der Waals surface area contributed by atoms with E-state index in [4.69, 9.17) is 0 Å². The predicted molar refractivity (Wildman–Crippen MR) is 130 cm³/mol. The highest BCUT2D eigenvalue weighted by Gasteiger charge is 2.21. The van der Waals surface area contributed by atoms with Crippen LogP contribution < -0.4 is 11.1 Å². The molecule has 5 N–H and O–H groups in total. The number of nitrogens with one attached hydrogen (secondary N) is 1. The molecule has 11 heteroatoms. The number of aryl methyl sites for hydroxylation is 2. The van der Waals surface area contributed by atoms with E-state index in [1.807, 2.05) is 13.8 Å². The Morgan fingerprint density at radius 3 is 1.59 bits per heavy atom. The fourth-order valence-corrected chi connectivity index (χ4v) is 4.44. The van der Waals surface area contributed by atoms with Gasteiger partial charge in [0.15, 0.2) is 5.84 Å². The molecule has 0 saturated carbocycles. The third-order valence-corrected chi connectivity index (χ3v) is 7.06. The number of aliphatic imine (C=N–C) groups is 1. The lowest BCUT2D eigenvalue weighted by Crippen LogP contribution is -3.15. The fraction of sp³-hybridized carbons (Fsp3) is 0.435. The SMILES string of the molecule is C1CCC2=NCCC[NH+]2CC1.Cc1ccc(S(=O)(=O)[O-])cc1.Cc1ccc(S(=O)(=O)[O-])cc1.[NH4+]. The molecule has 34 heavy (non-hydrogen) atoms. The van der Waals surface area contributed by atoms with Crippen LogP contribution in [0.5, 0.6) is 0 Å². The van der Waals surface area contributed by atoms with Crippen molar-refractivity contribution in [3.8, 4) is 0 Å². The highest BCUT2D eigenvalue weighted by atomic mass is 32.2. The van der Waals surface area contributed by atoms with E-state index in [-0.39, 0.29) is 15.9 Å². The van der Waals surface area contributed by atoms with Crippen molar-refractivity contribution in [1.29, 1.82) is 0 Å². The van der Waals surface area contributed by atoms with E-state index < -0.39 is 20.2 Å². The van der Waals surface area contributed by atoms with Gasteiger partial charge in [-0.3, -0.25) is 4.90 Å². The second kappa shape index (κ2) is 13.7. The lowest BCUT2D eigenvalue weighted by Gasteiger charge is -2.21. The monoisotopic (exact) mass is 513 g/mol. The Labute approximate surface area is 203 Å². The van der Waals surface area contributed by atoms with Gasteiger partial charge in [0.2, 0.25) is 0 Å². The summed E-state index contributed by atoms with van der Waals surface area (Å²) in [6, 6.07) is 11.6.